The van der Waals surface area contributed by atoms with Crippen molar-refractivity contribution in [3.05, 3.63) is 15.7 Å². The van der Waals surface area contributed by atoms with E-state index in [4.69, 9.17) is 0 Å². The fourth-order valence-electron chi connectivity index (χ4n) is 1.61. The van der Waals surface area contributed by atoms with E-state index in [1.165, 1.54) is 0 Å². The van der Waals surface area contributed by atoms with Crippen molar-refractivity contribution < 1.29 is 0 Å². The molecule has 0 atom stereocenters. The third kappa shape index (κ3) is 3.34. The van der Waals surface area contributed by atoms with Crippen molar-refractivity contribution >= 4 is 22.7 Å². The van der Waals surface area contributed by atoms with Gasteiger partial charge in [-0.15, -0.1) is 21.5 Å². The summed E-state index contributed by atoms with van der Waals surface area (Å²) in [4.78, 5) is 5.58. The molecule has 0 radical (unpaired) electrons. The van der Waals surface area contributed by atoms with E-state index >= 15 is 0 Å². The summed E-state index contributed by atoms with van der Waals surface area (Å²) in [5, 5.41) is 15.0. The highest BCUT2D eigenvalue weighted by Crippen LogP contribution is 2.31. The Morgan fingerprint density at radius 3 is 2.56 bits per heavy atom. The van der Waals surface area contributed by atoms with Crippen molar-refractivity contribution in [1.29, 1.82) is 0 Å². The Labute approximate surface area is 116 Å². The van der Waals surface area contributed by atoms with Crippen LogP contribution < -0.4 is 5.32 Å². The smallest absolute Gasteiger partial charge is 0.159 e. The van der Waals surface area contributed by atoms with Gasteiger partial charge in [-0.2, -0.15) is 0 Å². The van der Waals surface area contributed by atoms with Crippen LogP contribution in [0.15, 0.2) is 0 Å². The second kappa shape index (κ2) is 5.86. The molecule has 0 saturated carbocycles. The summed E-state index contributed by atoms with van der Waals surface area (Å²) < 4.78 is 0. The third-order valence-corrected chi connectivity index (χ3v) is 4.54. The predicted octanol–water partition coefficient (Wildman–Crippen LogP) is 3.02. The van der Waals surface area contributed by atoms with E-state index in [0.29, 0.717) is 5.92 Å². The highest BCUT2D eigenvalue weighted by atomic mass is 32.1. The van der Waals surface area contributed by atoms with Gasteiger partial charge in [0, 0.05) is 6.54 Å². The van der Waals surface area contributed by atoms with Gasteiger partial charge in [0.1, 0.15) is 5.01 Å². The van der Waals surface area contributed by atoms with Crippen molar-refractivity contribution in [3.8, 4) is 9.88 Å². The largest absolute Gasteiger partial charge is 0.310 e. The highest BCUT2D eigenvalue weighted by molar-refractivity contribution is 7.21. The van der Waals surface area contributed by atoms with Crippen LogP contribution in [0.4, 0.5) is 0 Å². The number of aromatic nitrogens is 3. The topological polar surface area (TPSA) is 50.7 Å². The lowest BCUT2D eigenvalue weighted by molar-refractivity contribution is 0.550. The zero-order valence-corrected chi connectivity index (χ0v) is 12.8. The molecule has 0 aromatic carbocycles. The molecule has 1 N–H and O–H groups in total. The average Bonchev–Trinajstić information content (AvgIpc) is 2.85. The summed E-state index contributed by atoms with van der Waals surface area (Å²) in [5.74, 6) is 0.656. The molecule has 2 aromatic rings. The van der Waals surface area contributed by atoms with E-state index < -0.39 is 0 Å². The first-order valence-electron chi connectivity index (χ1n) is 6.03. The van der Waals surface area contributed by atoms with Crippen molar-refractivity contribution in [3.63, 3.8) is 0 Å². The minimum absolute atomic E-state index is 0.656. The molecule has 0 saturated heterocycles. The van der Waals surface area contributed by atoms with E-state index in [2.05, 4.69) is 34.3 Å². The zero-order chi connectivity index (χ0) is 13.1. The fourth-order valence-corrected chi connectivity index (χ4v) is 3.46. The first-order chi connectivity index (χ1) is 8.56. The van der Waals surface area contributed by atoms with Crippen molar-refractivity contribution in [1.82, 2.24) is 20.5 Å². The third-order valence-electron chi connectivity index (χ3n) is 2.39. The highest BCUT2D eigenvalue weighted by Gasteiger charge is 2.12. The SMILES string of the molecule is Cc1nc(C)c(-c2nnc(CNCC(C)C)s2)s1. The number of nitrogens with zero attached hydrogens (tertiary/aromatic N) is 3. The van der Waals surface area contributed by atoms with Gasteiger partial charge in [-0.1, -0.05) is 25.2 Å². The molecule has 0 spiro atoms. The molecule has 0 bridgehead atoms. The molecule has 0 fully saturated rings. The second-order valence-corrected chi connectivity index (χ2v) is 6.94. The molecule has 4 nitrogen and oxygen atoms in total. The van der Waals surface area contributed by atoms with Crippen molar-refractivity contribution in [2.75, 3.05) is 6.54 Å². The Morgan fingerprint density at radius 2 is 1.94 bits per heavy atom. The van der Waals surface area contributed by atoms with Gasteiger partial charge < -0.3 is 5.32 Å². The molecule has 0 aliphatic rings. The lowest BCUT2D eigenvalue weighted by Gasteiger charge is -2.03. The van der Waals surface area contributed by atoms with Crippen LogP contribution in [0.2, 0.25) is 0 Å². The van der Waals surface area contributed by atoms with Crippen LogP contribution in [-0.2, 0) is 6.54 Å². The number of hydrogen-bond acceptors (Lipinski definition) is 6. The molecule has 2 rings (SSSR count). The zero-order valence-electron chi connectivity index (χ0n) is 11.1. The number of aryl methyl sites for hydroxylation is 2. The molecule has 2 heterocycles. The van der Waals surface area contributed by atoms with Crippen LogP contribution in [0.3, 0.4) is 0 Å². The minimum atomic E-state index is 0.656. The van der Waals surface area contributed by atoms with Crippen LogP contribution in [-0.4, -0.2) is 21.7 Å². The Bertz CT molecular complexity index is 516. The van der Waals surface area contributed by atoms with Gasteiger partial charge in [-0.25, -0.2) is 4.98 Å². The standard InChI is InChI=1S/C12H18N4S2/c1-7(2)5-13-6-10-15-16-12(18-10)11-8(3)14-9(4)17-11/h7,13H,5-6H2,1-4H3. The van der Waals surface area contributed by atoms with Gasteiger partial charge in [0.15, 0.2) is 5.01 Å². The molecular weight excluding hydrogens is 264 g/mol. The molecule has 0 aliphatic carbocycles. The summed E-state index contributed by atoms with van der Waals surface area (Å²) in [5.41, 5.74) is 1.05. The Kier molecular flexibility index (Phi) is 4.42. The Morgan fingerprint density at radius 1 is 1.17 bits per heavy atom. The molecule has 98 valence electrons. The van der Waals surface area contributed by atoms with Gasteiger partial charge in [0.25, 0.3) is 0 Å². The van der Waals surface area contributed by atoms with Crippen molar-refractivity contribution in [2.45, 2.75) is 34.2 Å². The maximum absolute atomic E-state index is 4.42. The molecule has 18 heavy (non-hydrogen) atoms. The number of nitrogens with one attached hydrogen (secondary N) is 1. The lowest BCUT2D eigenvalue weighted by atomic mass is 10.2. The molecule has 0 aliphatic heterocycles. The second-order valence-electron chi connectivity index (χ2n) is 4.67. The molecule has 0 amide bonds. The summed E-state index contributed by atoms with van der Waals surface area (Å²) in [6.07, 6.45) is 0. The Balaban J connectivity index is 2.04. The first kappa shape index (κ1) is 13.6. The average molecular weight is 282 g/mol. The van der Waals surface area contributed by atoms with Gasteiger partial charge in [-0.05, 0) is 26.3 Å². The molecular formula is C12H18N4S2. The quantitative estimate of drug-likeness (QED) is 0.916. The van der Waals surface area contributed by atoms with Gasteiger partial charge in [-0.3, -0.25) is 0 Å². The number of thiazole rings is 1. The fraction of sp³-hybridized carbons (Fsp3) is 0.583. The number of hydrogen-bond donors (Lipinski definition) is 1. The molecule has 6 heteroatoms. The van der Waals surface area contributed by atoms with E-state index in [-0.39, 0.29) is 0 Å². The summed E-state index contributed by atoms with van der Waals surface area (Å²) in [6.45, 7) is 10.2. The van der Waals surface area contributed by atoms with E-state index in [1.807, 2.05) is 13.8 Å². The maximum atomic E-state index is 4.42. The maximum Gasteiger partial charge on any atom is 0.159 e. The molecule has 2 aromatic heterocycles. The number of rotatable bonds is 5. The monoisotopic (exact) mass is 282 g/mol. The van der Waals surface area contributed by atoms with E-state index in [1.54, 1.807) is 22.7 Å². The van der Waals surface area contributed by atoms with Gasteiger partial charge in [0.05, 0.1) is 15.6 Å². The summed E-state index contributed by atoms with van der Waals surface area (Å²) in [6, 6.07) is 0. The minimum Gasteiger partial charge on any atom is -0.310 e. The van der Waals surface area contributed by atoms with Crippen LogP contribution in [0.5, 0.6) is 0 Å². The Hall–Kier alpha value is -0.850. The predicted molar refractivity (Wildman–Crippen MR) is 77.0 cm³/mol. The van der Waals surface area contributed by atoms with E-state index in [9.17, 15) is 0 Å². The normalized spacial score (nSPS) is 11.4. The van der Waals surface area contributed by atoms with Crippen LogP contribution in [0, 0.1) is 19.8 Å². The van der Waals surface area contributed by atoms with Crippen LogP contribution in [0.25, 0.3) is 9.88 Å². The van der Waals surface area contributed by atoms with Gasteiger partial charge in [0.2, 0.25) is 0 Å². The van der Waals surface area contributed by atoms with Crippen LogP contribution in [0.1, 0.15) is 29.6 Å². The van der Waals surface area contributed by atoms with Crippen LogP contribution >= 0.6 is 22.7 Å². The van der Waals surface area contributed by atoms with E-state index in [0.717, 1.165) is 38.7 Å². The van der Waals surface area contributed by atoms with Gasteiger partial charge >= 0.3 is 0 Å². The lowest BCUT2D eigenvalue weighted by Crippen LogP contribution is -2.18. The first-order valence-corrected chi connectivity index (χ1v) is 7.67. The summed E-state index contributed by atoms with van der Waals surface area (Å²) in [7, 11) is 0. The van der Waals surface area contributed by atoms with Crippen molar-refractivity contribution in [2.24, 2.45) is 5.92 Å². The summed E-state index contributed by atoms with van der Waals surface area (Å²) >= 11 is 3.34. The molecule has 0 unspecified atom stereocenters.